The van der Waals surface area contributed by atoms with Gasteiger partial charge in [0.25, 0.3) is 0 Å². The Morgan fingerprint density at radius 3 is 2.90 bits per heavy atom. The van der Waals surface area contributed by atoms with Gasteiger partial charge in [0.15, 0.2) is 5.65 Å². The minimum absolute atomic E-state index is 0.163. The highest BCUT2D eigenvalue weighted by Crippen LogP contribution is 2.29. The van der Waals surface area contributed by atoms with Crippen LogP contribution >= 0.6 is 11.3 Å². The summed E-state index contributed by atoms with van der Waals surface area (Å²) in [6.07, 6.45) is 1.99. The topological polar surface area (TPSA) is 61.7 Å². The highest BCUT2D eigenvalue weighted by molar-refractivity contribution is 7.07. The van der Waals surface area contributed by atoms with Gasteiger partial charge < -0.3 is 5.73 Å². The minimum atomic E-state index is 0.163. The van der Waals surface area contributed by atoms with Crippen molar-refractivity contribution in [3.63, 3.8) is 0 Å². The van der Waals surface area contributed by atoms with Gasteiger partial charge in [-0.15, -0.1) is 0 Å². The third-order valence-electron chi connectivity index (χ3n) is 3.66. The maximum atomic E-state index is 6.15. The van der Waals surface area contributed by atoms with Gasteiger partial charge in [-0.1, -0.05) is 13.3 Å². The molecule has 0 aliphatic rings. The van der Waals surface area contributed by atoms with E-state index in [9.17, 15) is 0 Å². The van der Waals surface area contributed by atoms with Crippen LogP contribution in [0.3, 0.4) is 0 Å². The Kier molecular flexibility index (Phi) is 3.25. The zero-order chi connectivity index (χ0) is 14.3. The Morgan fingerprint density at radius 2 is 2.25 bits per heavy atom. The fourth-order valence-corrected chi connectivity index (χ4v) is 3.42. The summed E-state index contributed by atoms with van der Waals surface area (Å²) in [5.74, 6) is 0.559. The van der Waals surface area contributed by atoms with E-state index >= 15 is 0 Å². The maximum absolute atomic E-state index is 6.15. The number of hydrogen-bond donors (Lipinski definition) is 1. The van der Waals surface area contributed by atoms with E-state index in [2.05, 4.69) is 45.3 Å². The van der Waals surface area contributed by atoms with Gasteiger partial charge in [0.1, 0.15) is 5.52 Å². The van der Waals surface area contributed by atoms with Crippen LogP contribution in [0.25, 0.3) is 11.2 Å². The van der Waals surface area contributed by atoms with Crippen LogP contribution in [-0.4, -0.2) is 19.3 Å². The monoisotopic (exact) mass is 289 g/mol. The summed E-state index contributed by atoms with van der Waals surface area (Å²) in [7, 11) is 1.96. The smallest absolute Gasteiger partial charge is 0.203 e. The van der Waals surface area contributed by atoms with Crippen LogP contribution in [0, 0.1) is 0 Å². The lowest BCUT2D eigenvalue weighted by Gasteiger charge is -2.14. The maximum Gasteiger partial charge on any atom is 0.203 e. The molecular weight excluding hydrogens is 270 g/mol. The van der Waals surface area contributed by atoms with Gasteiger partial charge in [0, 0.05) is 7.05 Å². The van der Waals surface area contributed by atoms with E-state index < -0.39 is 0 Å². The molecule has 0 spiro atoms. The number of nitrogens with two attached hydrogens (primary N) is 1. The Balaban J connectivity index is 2.18. The van der Waals surface area contributed by atoms with Crippen LogP contribution in [-0.2, 0) is 13.5 Å². The van der Waals surface area contributed by atoms with E-state index in [1.165, 1.54) is 5.56 Å². The van der Waals surface area contributed by atoms with Crippen molar-refractivity contribution in [3.05, 3.63) is 28.1 Å². The Morgan fingerprint density at radius 1 is 1.45 bits per heavy atom. The Hall–Kier alpha value is -1.82. The van der Waals surface area contributed by atoms with Crippen LogP contribution in [0.4, 0.5) is 5.95 Å². The van der Waals surface area contributed by atoms with Crippen LogP contribution < -0.4 is 5.73 Å². The predicted octanol–water partition coefficient (Wildman–Crippen LogP) is 2.98. The molecule has 0 aromatic carbocycles. The van der Waals surface area contributed by atoms with Crippen molar-refractivity contribution in [3.8, 4) is 0 Å². The third kappa shape index (κ3) is 1.91. The number of fused-ring (bicyclic) bond motifs is 1. The van der Waals surface area contributed by atoms with Gasteiger partial charge in [-0.25, -0.2) is 4.98 Å². The van der Waals surface area contributed by atoms with Crippen LogP contribution in [0.1, 0.15) is 37.6 Å². The predicted molar refractivity (Wildman–Crippen MR) is 83.0 cm³/mol. The highest BCUT2D eigenvalue weighted by atomic mass is 32.1. The summed E-state index contributed by atoms with van der Waals surface area (Å²) >= 11 is 1.70. The van der Waals surface area contributed by atoms with Crippen molar-refractivity contribution < 1.29 is 0 Å². The van der Waals surface area contributed by atoms with Gasteiger partial charge in [0.2, 0.25) is 5.95 Å². The van der Waals surface area contributed by atoms with Crippen LogP contribution in [0.5, 0.6) is 0 Å². The molecule has 0 saturated carbocycles. The quantitative estimate of drug-likeness (QED) is 0.803. The molecule has 2 N–H and O–H groups in total. The minimum Gasteiger partial charge on any atom is -0.369 e. The molecule has 6 heteroatoms. The van der Waals surface area contributed by atoms with Crippen LogP contribution in [0.2, 0.25) is 0 Å². The summed E-state index contributed by atoms with van der Waals surface area (Å²) < 4.78 is 3.97. The normalized spacial score (nSPS) is 13.2. The Bertz CT molecular complexity index is 722. The Labute approximate surface area is 122 Å². The van der Waals surface area contributed by atoms with Crippen molar-refractivity contribution >= 4 is 28.4 Å². The molecule has 5 nitrogen and oxygen atoms in total. The van der Waals surface area contributed by atoms with E-state index in [1.54, 1.807) is 11.3 Å². The lowest BCUT2D eigenvalue weighted by atomic mass is 10.2. The lowest BCUT2D eigenvalue weighted by molar-refractivity contribution is 0.636. The van der Waals surface area contributed by atoms with Gasteiger partial charge >= 0.3 is 0 Å². The SMILES string of the molecule is CCCc1nn(C)c2c1nc(N)n2C(C)c1ccsc1. The molecule has 0 bridgehead atoms. The van der Waals surface area contributed by atoms with Crippen molar-refractivity contribution in [1.82, 2.24) is 19.3 Å². The van der Waals surface area contributed by atoms with Gasteiger partial charge in [-0.2, -0.15) is 16.4 Å². The number of rotatable bonds is 4. The number of hydrogen-bond acceptors (Lipinski definition) is 4. The molecule has 0 amide bonds. The molecule has 3 aromatic rings. The molecule has 1 unspecified atom stereocenters. The molecule has 1 atom stereocenters. The first-order valence-corrected chi connectivity index (χ1v) is 7.79. The zero-order valence-corrected chi connectivity index (χ0v) is 12.8. The number of nitrogens with zero attached hydrogens (tertiary/aromatic N) is 4. The average molecular weight is 289 g/mol. The standard InChI is InChI=1S/C14H19N5S/c1-4-5-11-12-13(18(3)17-11)19(14(15)16-12)9(2)10-6-7-20-8-10/h6-9H,4-5H2,1-3H3,(H2,15,16). The molecule has 0 aliphatic carbocycles. The average Bonchev–Trinajstić information content (AvgIpc) is 3.09. The molecule has 0 radical (unpaired) electrons. The van der Waals surface area contributed by atoms with Crippen molar-refractivity contribution in [2.45, 2.75) is 32.7 Å². The number of thiophene rings is 1. The highest BCUT2D eigenvalue weighted by Gasteiger charge is 2.21. The van der Waals surface area contributed by atoms with E-state index in [-0.39, 0.29) is 6.04 Å². The van der Waals surface area contributed by atoms with Gasteiger partial charge in [-0.3, -0.25) is 9.25 Å². The summed E-state index contributed by atoms with van der Waals surface area (Å²) in [5.41, 5.74) is 10.4. The molecular formula is C14H19N5S. The summed E-state index contributed by atoms with van der Waals surface area (Å²) in [5, 5.41) is 8.82. The number of anilines is 1. The molecule has 3 heterocycles. The molecule has 0 fully saturated rings. The second kappa shape index (κ2) is 4.94. The zero-order valence-electron chi connectivity index (χ0n) is 12.0. The second-order valence-electron chi connectivity index (χ2n) is 5.07. The molecule has 3 aromatic heterocycles. The molecule has 20 heavy (non-hydrogen) atoms. The summed E-state index contributed by atoms with van der Waals surface area (Å²) in [6, 6.07) is 2.29. The molecule has 106 valence electrons. The fourth-order valence-electron chi connectivity index (χ4n) is 2.67. The van der Waals surface area contributed by atoms with Crippen molar-refractivity contribution in [2.24, 2.45) is 7.05 Å². The molecule has 0 aliphatic heterocycles. The van der Waals surface area contributed by atoms with E-state index in [1.807, 2.05) is 11.7 Å². The van der Waals surface area contributed by atoms with Crippen LogP contribution in [0.15, 0.2) is 16.8 Å². The van der Waals surface area contributed by atoms with Gasteiger partial charge in [0.05, 0.1) is 11.7 Å². The number of imidazole rings is 1. The third-order valence-corrected chi connectivity index (χ3v) is 4.36. The first kappa shape index (κ1) is 13.2. The number of nitrogen functional groups attached to an aromatic ring is 1. The largest absolute Gasteiger partial charge is 0.369 e. The van der Waals surface area contributed by atoms with Crippen molar-refractivity contribution in [2.75, 3.05) is 5.73 Å². The van der Waals surface area contributed by atoms with E-state index in [0.29, 0.717) is 5.95 Å². The lowest BCUT2D eigenvalue weighted by Crippen LogP contribution is -2.12. The summed E-state index contributed by atoms with van der Waals surface area (Å²) in [6.45, 7) is 4.29. The molecule has 0 saturated heterocycles. The fraction of sp³-hybridized carbons (Fsp3) is 0.429. The van der Waals surface area contributed by atoms with E-state index in [0.717, 1.165) is 29.7 Å². The number of aryl methyl sites for hydroxylation is 2. The van der Waals surface area contributed by atoms with Crippen molar-refractivity contribution in [1.29, 1.82) is 0 Å². The van der Waals surface area contributed by atoms with Gasteiger partial charge in [-0.05, 0) is 35.7 Å². The first-order chi connectivity index (χ1) is 9.63. The van der Waals surface area contributed by atoms with E-state index in [4.69, 9.17) is 5.73 Å². The number of aromatic nitrogens is 4. The summed E-state index contributed by atoms with van der Waals surface area (Å²) in [4.78, 5) is 4.54. The first-order valence-electron chi connectivity index (χ1n) is 6.84. The second-order valence-corrected chi connectivity index (χ2v) is 5.85. The molecule has 3 rings (SSSR count).